The van der Waals surface area contributed by atoms with Gasteiger partial charge in [0.15, 0.2) is 0 Å². The van der Waals surface area contributed by atoms with E-state index < -0.39 is 0 Å². The highest BCUT2D eigenvalue weighted by molar-refractivity contribution is 5.68. The van der Waals surface area contributed by atoms with E-state index in [9.17, 15) is 0 Å². The molecule has 1 unspecified atom stereocenters. The number of rotatable bonds is 3. The fraction of sp³-hybridized carbons (Fsp3) is 0.259. The molecule has 0 bridgehead atoms. The summed E-state index contributed by atoms with van der Waals surface area (Å²) in [6.45, 7) is 7.98. The topological polar surface area (TPSA) is 16.0 Å². The Morgan fingerprint density at radius 1 is 0.828 bits per heavy atom. The Bertz CT molecular complexity index is 1050. The molecule has 1 fully saturated rings. The van der Waals surface area contributed by atoms with Crippen molar-refractivity contribution in [3.63, 3.8) is 0 Å². The van der Waals surface area contributed by atoms with Gasteiger partial charge in [0.1, 0.15) is 5.41 Å². The van der Waals surface area contributed by atoms with Gasteiger partial charge in [0, 0.05) is 11.8 Å². The van der Waals surface area contributed by atoms with Crippen molar-refractivity contribution in [1.82, 2.24) is 0 Å². The fourth-order valence-corrected chi connectivity index (χ4v) is 5.04. The zero-order chi connectivity index (χ0) is 20.1. The highest BCUT2D eigenvalue weighted by Crippen LogP contribution is 2.62. The monoisotopic (exact) mass is 382 g/mol. The Hall–Kier alpha value is -3.00. The Morgan fingerprint density at radius 3 is 2.17 bits per heavy atom. The van der Waals surface area contributed by atoms with Crippen LogP contribution in [0.15, 0.2) is 90.7 Å². The lowest BCUT2D eigenvalue weighted by Gasteiger charge is -2.31. The molecular formula is C27H28NO+. The third-order valence-electron chi connectivity index (χ3n) is 7.08. The summed E-state index contributed by atoms with van der Waals surface area (Å²) in [6.07, 6.45) is 2.37. The quantitative estimate of drug-likeness (QED) is 0.515. The number of hydrogen-bond donors (Lipinski definition) is 0. The summed E-state index contributed by atoms with van der Waals surface area (Å²) in [5.74, 6) is 1.18. The van der Waals surface area contributed by atoms with Crippen molar-refractivity contribution in [3.8, 4) is 0 Å². The van der Waals surface area contributed by atoms with E-state index in [4.69, 9.17) is 4.74 Å². The Balaban J connectivity index is 1.62. The standard InChI is InChI=1S/C27H27NO/c1-26(2)24(18-20-12-6-4-7-13-20)29-25-27(26,3)22-16-10-11-17-23(22)28(25)19-21-14-8-5-9-15-21/h4-18,25H,19H2,1-3H3/p+1/b24-18-/t25-,27?/m0/s1. The van der Waals surface area contributed by atoms with E-state index in [0.29, 0.717) is 0 Å². The molecule has 2 aliphatic heterocycles. The van der Waals surface area contributed by atoms with Gasteiger partial charge in [0.05, 0.1) is 12.0 Å². The van der Waals surface area contributed by atoms with Crippen molar-refractivity contribution < 1.29 is 4.74 Å². The van der Waals surface area contributed by atoms with Gasteiger partial charge < -0.3 is 4.74 Å². The van der Waals surface area contributed by atoms with Crippen LogP contribution in [0.1, 0.15) is 37.5 Å². The summed E-state index contributed by atoms with van der Waals surface area (Å²) < 4.78 is 5.35. The van der Waals surface area contributed by atoms with E-state index in [1.54, 1.807) is 0 Å². The molecule has 3 aromatic carbocycles. The number of para-hydroxylation sites is 1. The van der Waals surface area contributed by atoms with Crippen molar-refractivity contribution in [2.24, 2.45) is 5.41 Å². The fourth-order valence-electron chi connectivity index (χ4n) is 5.04. The minimum Gasteiger partial charge on any atom is -0.567 e. The molecule has 0 amide bonds. The highest BCUT2D eigenvalue weighted by atomic mass is 16.5. The zero-order valence-corrected chi connectivity index (χ0v) is 17.3. The number of ether oxygens (including phenoxy) is 1. The number of nitrogens with zero attached hydrogens (tertiary/aromatic N) is 1. The van der Waals surface area contributed by atoms with Gasteiger partial charge in [0.2, 0.25) is 5.76 Å². The summed E-state index contributed by atoms with van der Waals surface area (Å²) in [4.78, 5) is 2.50. The number of fused-ring (bicyclic) bond motifs is 3. The van der Waals surface area contributed by atoms with Crippen LogP contribution < -0.4 is 4.90 Å². The van der Waals surface area contributed by atoms with Gasteiger partial charge in [-0.2, -0.15) is 0 Å². The SMILES string of the molecule is CC1(C)/C(=C/c2ccccc2)[OH+][C@@H]2N(Cc3ccccc3)c3ccccc3C21C. The number of allylic oxidation sites excluding steroid dienone is 1. The van der Waals surface area contributed by atoms with E-state index in [1.807, 2.05) is 0 Å². The average Bonchev–Trinajstić information content (AvgIpc) is 3.10. The first-order valence-electron chi connectivity index (χ1n) is 10.4. The molecule has 3 aromatic rings. The number of hydrogen-bond acceptors (Lipinski definition) is 1. The van der Waals surface area contributed by atoms with Crippen LogP contribution in [0.4, 0.5) is 5.69 Å². The minimum absolute atomic E-state index is 0.0704. The number of aliphatic hydroxyl groups is 2. The predicted octanol–water partition coefficient (Wildman–Crippen LogP) is 5.90. The van der Waals surface area contributed by atoms with Gasteiger partial charge in [-0.15, -0.1) is 0 Å². The van der Waals surface area contributed by atoms with Crippen LogP contribution >= 0.6 is 0 Å². The van der Waals surface area contributed by atoms with E-state index in [0.717, 1.165) is 6.54 Å². The summed E-state index contributed by atoms with van der Waals surface area (Å²) in [5, 5.41) is 0. The lowest BCUT2D eigenvalue weighted by atomic mass is 9.63. The molecule has 0 aromatic heterocycles. The first-order chi connectivity index (χ1) is 14.0. The molecule has 2 heteroatoms. The van der Waals surface area contributed by atoms with Crippen LogP contribution in [0.25, 0.3) is 6.08 Å². The van der Waals surface area contributed by atoms with Crippen molar-refractivity contribution in [2.75, 3.05) is 4.90 Å². The van der Waals surface area contributed by atoms with Gasteiger partial charge in [-0.25, -0.2) is 0 Å². The minimum atomic E-state index is -0.0744. The van der Waals surface area contributed by atoms with Crippen molar-refractivity contribution in [3.05, 3.63) is 107 Å². The molecule has 146 valence electrons. The second-order valence-corrected chi connectivity index (χ2v) is 8.90. The molecule has 2 aliphatic rings. The first kappa shape index (κ1) is 18.1. The van der Waals surface area contributed by atoms with Gasteiger partial charge in [-0.1, -0.05) is 78.9 Å². The van der Waals surface area contributed by atoms with Crippen molar-refractivity contribution in [1.29, 1.82) is 0 Å². The maximum absolute atomic E-state index is 5.35. The van der Waals surface area contributed by atoms with Crippen molar-refractivity contribution >= 4 is 11.8 Å². The van der Waals surface area contributed by atoms with Crippen LogP contribution in [0, 0.1) is 5.41 Å². The van der Waals surface area contributed by atoms with E-state index >= 15 is 0 Å². The van der Waals surface area contributed by atoms with Crippen molar-refractivity contribution in [2.45, 2.75) is 39.0 Å². The molecule has 29 heavy (non-hydrogen) atoms. The van der Waals surface area contributed by atoms with E-state index in [-0.39, 0.29) is 17.1 Å². The molecule has 2 heterocycles. The maximum Gasteiger partial charge on any atom is 0.275 e. The summed E-state index contributed by atoms with van der Waals surface area (Å²) >= 11 is 0. The number of anilines is 1. The number of benzene rings is 3. The molecule has 0 aliphatic carbocycles. The molecule has 1 saturated heterocycles. The predicted molar refractivity (Wildman–Crippen MR) is 121 cm³/mol. The van der Waals surface area contributed by atoms with Crippen LogP contribution in [-0.4, -0.2) is 11.0 Å². The average molecular weight is 383 g/mol. The van der Waals surface area contributed by atoms with Gasteiger partial charge in [0.25, 0.3) is 6.23 Å². The molecule has 0 spiro atoms. The van der Waals surface area contributed by atoms with E-state index in [2.05, 4.69) is 117 Å². The largest absolute Gasteiger partial charge is 0.567 e. The summed E-state index contributed by atoms with van der Waals surface area (Å²) in [5.41, 5.74) is 5.12. The molecular weight excluding hydrogens is 354 g/mol. The maximum atomic E-state index is 5.35. The first-order valence-corrected chi connectivity index (χ1v) is 10.4. The van der Waals surface area contributed by atoms with Crippen LogP contribution in [-0.2, 0) is 12.0 Å². The lowest BCUT2D eigenvalue weighted by molar-refractivity contribution is -0.0269. The lowest BCUT2D eigenvalue weighted by Crippen LogP contribution is -2.46. The third-order valence-corrected chi connectivity index (χ3v) is 7.08. The van der Waals surface area contributed by atoms with Crippen LogP contribution in [0.5, 0.6) is 0 Å². The summed E-state index contributed by atoms with van der Waals surface area (Å²) in [6, 6.07) is 30.2. The van der Waals surface area contributed by atoms with Gasteiger partial charge in [-0.05, 0) is 43.5 Å². The summed E-state index contributed by atoms with van der Waals surface area (Å²) in [7, 11) is 0. The molecule has 0 radical (unpaired) electrons. The smallest absolute Gasteiger partial charge is 0.275 e. The second kappa shape index (κ2) is 6.52. The Kier molecular flexibility index (Phi) is 4.06. The molecule has 0 saturated carbocycles. The molecule has 5 rings (SSSR count). The molecule has 2 nitrogen and oxygen atoms in total. The normalized spacial score (nSPS) is 25.6. The van der Waals surface area contributed by atoms with Crippen LogP contribution in [0.2, 0.25) is 0 Å². The van der Waals surface area contributed by atoms with Crippen LogP contribution in [0.3, 0.4) is 0 Å². The second-order valence-electron chi connectivity index (χ2n) is 8.90. The van der Waals surface area contributed by atoms with Gasteiger partial charge >= 0.3 is 0 Å². The molecule has 1 N–H and O–H groups in total. The zero-order valence-electron chi connectivity index (χ0n) is 17.3. The van der Waals surface area contributed by atoms with E-state index in [1.165, 1.54) is 28.1 Å². The third kappa shape index (κ3) is 2.62. The Morgan fingerprint density at radius 2 is 1.45 bits per heavy atom. The van der Waals surface area contributed by atoms with Gasteiger partial charge in [-0.3, -0.25) is 4.90 Å². The highest BCUT2D eigenvalue weighted by Gasteiger charge is 2.68. The Labute approximate surface area is 173 Å². The molecule has 2 atom stereocenters.